The van der Waals surface area contributed by atoms with Crippen molar-refractivity contribution in [3.8, 4) is 0 Å². The number of hydrogen-bond donors (Lipinski definition) is 1. The van der Waals surface area contributed by atoms with Gasteiger partial charge in [0.25, 0.3) is 0 Å². The van der Waals surface area contributed by atoms with Crippen LogP contribution in [0.2, 0.25) is 0 Å². The normalized spacial score (nSPS) is 41.9. The van der Waals surface area contributed by atoms with Crippen molar-refractivity contribution >= 4 is 21.8 Å². The SMILES string of the molecule is CC(C)OC(=O)C1(C(=O)OC(C)C)CC2(CC(C3=CC[C@]4(C)[C@H]5CC[C@@H]6[C@H]7[C@H](C(C)C)CC[C@]7(NCCN7CCS(=O)(=O)CC7)CC[C@@]6(C)[C@]5(C)CC[C@H]4C3(C)C)C2)C1. The quantitative estimate of drug-likeness (QED) is 0.132. The van der Waals surface area contributed by atoms with Crippen LogP contribution in [0.15, 0.2) is 11.6 Å². The zero-order valence-electron chi connectivity index (χ0n) is 39.0. The first-order valence-corrected chi connectivity index (χ1v) is 26.1. The minimum absolute atomic E-state index is 0.0301. The molecule has 9 heteroatoms. The van der Waals surface area contributed by atoms with Gasteiger partial charge in [-0.05, 0) is 180 Å². The number of allylic oxidation sites excluding steroid dienone is 2. The summed E-state index contributed by atoms with van der Waals surface area (Å²) in [6.45, 7) is 29.0. The number of sulfone groups is 1. The second-order valence-electron chi connectivity index (χ2n) is 24.3. The van der Waals surface area contributed by atoms with E-state index in [2.05, 4.69) is 64.8 Å². The van der Waals surface area contributed by atoms with Crippen LogP contribution >= 0.6 is 0 Å². The summed E-state index contributed by atoms with van der Waals surface area (Å²) in [5.41, 5.74) is 1.75. The fourth-order valence-corrected chi connectivity index (χ4v) is 18.5. The van der Waals surface area contributed by atoms with Crippen molar-refractivity contribution in [1.29, 1.82) is 0 Å². The van der Waals surface area contributed by atoms with E-state index in [1.807, 2.05) is 27.7 Å². The molecule has 0 radical (unpaired) electrons. The molecular formula is C50H82N2O6S. The van der Waals surface area contributed by atoms with Crippen LogP contribution < -0.4 is 5.32 Å². The average Bonchev–Trinajstić information content (AvgIpc) is 3.48. The summed E-state index contributed by atoms with van der Waals surface area (Å²) in [7, 11) is -2.86. The van der Waals surface area contributed by atoms with Gasteiger partial charge in [-0.1, -0.05) is 60.1 Å². The van der Waals surface area contributed by atoms with Crippen molar-refractivity contribution in [3.63, 3.8) is 0 Å². The van der Waals surface area contributed by atoms with E-state index in [-0.39, 0.29) is 34.0 Å². The van der Waals surface area contributed by atoms with E-state index in [9.17, 15) is 18.0 Å². The maximum absolute atomic E-state index is 13.4. The topological polar surface area (TPSA) is 102 Å². The van der Waals surface area contributed by atoms with E-state index < -0.39 is 27.2 Å². The van der Waals surface area contributed by atoms with Gasteiger partial charge in [-0.3, -0.25) is 9.59 Å². The lowest BCUT2D eigenvalue weighted by Gasteiger charge is -2.73. The van der Waals surface area contributed by atoms with Gasteiger partial charge in [0, 0.05) is 31.7 Å². The third-order valence-corrected chi connectivity index (χ3v) is 21.6. The van der Waals surface area contributed by atoms with Crippen LogP contribution in [0.5, 0.6) is 0 Å². The van der Waals surface area contributed by atoms with Crippen molar-refractivity contribution in [2.75, 3.05) is 37.7 Å². The number of carbonyl (C=O) groups excluding carboxylic acids is 2. The molecule has 1 spiro atoms. The predicted octanol–water partition coefficient (Wildman–Crippen LogP) is 9.41. The van der Waals surface area contributed by atoms with E-state index in [0.717, 1.165) is 37.8 Å². The smallest absolute Gasteiger partial charge is 0.323 e. The van der Waals surface area contributed by atoms with E-state index in [0.29, 0.717) is 77.9 Å². The molecule has 1 N–H and O–H groups in total. The summed E-state index contributed by atoms with van der Waals surface area (Å²) in [5, 5.41) is 4.27. The van der Waals surface area contributed by atoms with Crippen LogP contribution in [-0.2, 0) is 28.9 Å². The van der Waals surface area contributed by atoms with Gasteiger partial charge >= 0.3 is 11.9 Å². The molecule has 0 bridgehead atoms. The number of nitrogens with one attached hydrogen (secondary N) is 1. The minimum Gasteiger partial charge on any atom is -0.462 e. The number of carbonyl (C=O) groups is 2. The fourth-order valence-electron chi connectivity index (χ4n) is 17.2. The standard InChI is InChI=1S/C50H82N2O6S/c1-32(2)36-14-19-50(51-22-23-52-24-26-59(55,56)27-25-52)21-20-46(10)38(41(36)50)12-13-40-45(9)17-15-37(44(7,8)39(45)16-18-47(40,46)11)35-28-48(29-35)30-49(31-48,42(53)57-33(3)4)43(54)58-34(5)6/h15,32-36,38-41,51H,12-14,16-31H2,1-11H3/t36-,38+,39-,40+,41+,45-,46+,47+,50-/m0/s1. The molecule has 0 amide bonds. The third-order valence-electron chi connectivity index (χ3n) is 19.9. The van der Waals surface area contributed by atoms with E-state index >= 15 is 0 Å². The van der Waals surface area contributed by atoms with Gasteiger partial charge in [-0.15, -0.1) is 0 Å². The lowest BCUT2D eigenvalue weighted by Crippen LogP contribution is -2.68. The zero-order chi connectivity index (χ0) is 42.8. The molecule has 8 nitrogen and oxygen atoms in total. The molecule has 1 heterocycles. The number of nitrogens with zero attached hydrogens (tertiary/aromatic N) is 1. The highest BCUT2D eigenvalue weighted by atomic mass is 32.2. The number of fused-ring (bicyclic) bond motifs is 7. The van der Waals surface area contributed by atoms with Gasteiger partial charge < -0.3 is 19.7 Å². The summed E-state index contributed by atoms with van der Waals surface area (Å²) in [6.07, 6.45) is 17.1. The molecule has 1 aliphatic heterocycles. The molecule has 59 heavy (non-hydrogen) atoms. The van der Waals surface area contributed by atoms with Crippen molar-refractivity contribution in [3.05, 3.63) is 11.6 Å². The molecule has 1 saturated heterocycles. The first-order chi connectivity index (χ1) is 27.5. The fraction of sp³-hybridized carbons (Fsp3) is 0.920. The Labute approximate surface area is 358 Å². The number of rotatable bonds is 10. The van der Waals surface area contributed by atoms with E-state index in [1.165, 1.54) is 57.8 Å². The summed E-state index contributed by atoms with van der Waals surface area (Å²) in [5.74, 6) is 4.59. The maximum Gasteiger partial charge on any atom is 0.323 e. The van der Waals surface area contributed by atoms with Gasteiger partial charge in [0.2, 0.25) is 0 Å². The van der Waals surface area contributed by atoms with E-state index in [1.54, 1.807) is 5.57 Å². The predicted molar refractivity (Wildman–Crippen MR) is 235 cm³/mol. The summed E-state index contributed by atoms with van der Waals surface area (Å²) in [6, 6.07) is 0. The molecule has 7 fully saturated rings. The van der Waals surface area contributed by atoms with Crippen LogP contribution in [0.1, 0.15) is 160 Å². The molecule has 0 aromatic rings. The molecule has 6 saturated carbocycles. The monoisotopic (exact) mass is 839 g/mol. The van der Waals surface area contributed by atoms with Crippen LogP contribution in [0, 0.1) is 73.9 Å². The molecule has 7 aliphatic carbocycles. The van der Waals surface area contributed by atoms with Gasteiger partial charge in [-0.2, -0.15) is 0 Å². The molecule has 0 aromatic carbocycles. The lowest BCUT2D eigenvalue weighted by molar-refractivity contribution is -0.225. The van der Waals surface area contributed by atoms with Crippen molar-refractivity contribution in [2.24, 2.45) is 73.9 Å². The van der Waals surface area contributed by atoms with Gasteiger partial charge in [0.05, 0.1) is 23.7 Å². The second-order valence-corrected chi connectivity index (χ2v) is 26.6. The number of hydrogen-bond acceptors (Lipinski definition) is 8. The van der Waals surface area contributed by atoms with Crippen LogP contribution in [-0.4, -0.2) is 80.7 Å². The minimum atomic E-state index is -2.86. The zero-order valence-corrected chi connectivity index (χ0v) is 39.8. The number of esters is 2. The highest BCUT2D eigenvalue weighted by Crippen LogP contribution is 2.78. The first kappa shape index (κ1) is 44.2. The Morgan fingerprint density at radius 3 is 2.02 bits per heavy atom. The van der Waals surface area contributed by atoms with E-state index in [4.69, 9.17) is 9.47 Å². The van der Waals surface area contributed by atoms with Crippen LogP contribution in [0.4, 0.5) is 0 Å². The van der Waals surface area contributed by atoms with Crippen molar-refractivity contribution < 1.29 is 27.5 Å². The van der Waals surface area contributed by atoms with Crippen molar-refractivity contribution in [2.45, 2.75) is 177 Å². The molecule has 0 unspecified atom stereocenters. The molecule has 334 valence electrons. The van der Waals surface area contributed by atoms with Gasteiger partial charge in [0.15, 0.2) is 15.3 Å². The molecule has 8 aliphatic rings. The Hall–Kier alpha value is -1.45. The molecule has 8 rings (SSSR count). The highest BCUT2D eigenvalue weighted by molar-refractivity contribution is 7.91. The van der Waals surface area contributed by atoms with Gasteiger partial charge in [0.1, 0.15) is 0 Å². The van der Waals surface area contributed by atoms with Gasteiger partial charge in [-0.25, -0.2) is 8.42 Å². The lowest BCUT2D eigenvalue weighted by atomic mass is 9.32. The Bertz CT molecular complexity index is 1750. The third kappa shape index (κ3) is 6.87. The Balaban J connectivity index is 0.979. The summed E-state index contributed by atoms with van der Waals surface area (Å²) >= 11 is 0. The highest BCUT2D eigenvalue weighted by Gasteiger charge is 2.72. The average molecular weight is 839 g/mol. The van der Waals surface area contributed by atoms with Crippen molar-refractivity contribution in [1.82, 2.24) is 10.2 Å². The Morgan fingerprint density at radius 2 is 1.42 bits per heavy atom. The largest absolute Gasteiger partial charge is 0.462 e. The van der Waals surface area contributed by atoms with Crippen LogP contribution in [0.3, 0.4) is 0 Å². The Kier molecular flexibility index (Phi) is 11.1. The molecular weight excluding hydrogens is 757 g/mol. The number of ether oxygens (including phenoxy) is 2. The summed E-state index contributed by atoms with van der Waals surface area (Å²) in [4.78, 5) is 29.2. The first-order valence-electron chi connectivity index (χ1n) is 24.3. The Morgan fingerprint density at radius 1 is 0.797 bits per heavy atom. The maximum atomic E-state index is 13.4. The van der Waals surface area contributed by atoms with Crippen LogP contribution in [0.25, 0.3) is 0 Å². The molecule has 9 atom stereocenters. The summed E-state index contributed by atoms with van der Waals surface area (Å²) < 4.78 is 35.6. The second kappa shape index (κ2) is 14.8. The molecule has 0 aromatic heterocycles.